The van der Waals surface area contributed by atoms with Gasteiger partial charge in [-0.25, -0.2) is 0 Å². The summed E-state index contributed by atoms with van der Waals surface area (Å²) >= 11 is 0. The molecule has 1 amide bonds. The van der Waals surface area contributed by atoms with Gasteiger partial charge in [0, 0.05) is 31.2 Å². The SMILES string of the molecule is Cc1onc(-c2ccccc2)c1C(=O)N1CCN2CCC[C@H]2C1. The predicted molar refractivity (Wildman–Crippen MR) is 87.2 cm³/mol. The molecular weight excluding hydrogens is 290 g/mol. The van der Waals surface area contributed by atoms with E-state index < -0.39 is 0 Å². The van der Waals surface area contributed by atoms with Crippen molar-refractivity contribution in [1.29, 1.82) is 0 Å². The van der Waals surface area contributed by atoms with Gasteiger partial charge in [0.2, 0.25) is 0 Å². The van der Waals surface area contributed by atoms with Crippen LogP contribution in [0.1, 0.15) is 29.0 Å². The highest BCUT2D eigenvalue weighted by molar-refractivity contribution is 6.00. The molecule has 1 aromatic heterocycles. The second-order valence-corrected chi connectivity index (χ2v) is 6.41. The molecule has 0 radical (unpaired) electrons. The summed E-state index contributed by atoms with van der Waals surface area (Å²) in [5.41, 5.74) is 2.19. The smallest absolute Gasteiger partial charge is 0.259 e. The van der Waals surface area contributed by atoms with Crippen molar-refractivity contribution in [3.05, 3.63) is 41.7 Å². The van der Waals surface area contributed by atoms with Gasteiger partial charge in [-0.1, -0.05) is 35.5 Å². The van der Waals surface area contributed by atoms with Crippen molar-refractivity contribution in [2.75, 3.05) is 26.2 Å². The zero-order valence-electron chi connectivity index (χ0n) is 13.4. The molecule has 2 aliphatic heterocycles. The molecule has 1 aromatic carbocycles. The fraction of sp³-hybridized carbons (Fsp3) is 0.444. The number of aryl methyl sites for hydroxylation is 1. The molecule has 2 aliphatic rings. The van der Waals surface area contributed by atoms with E-state index >= 15 is 0 Å². The Bertz CT molecular complexity index is 710. The first-order valence-corrected chi connectivity index (χ1v) is 8.29. The maximum absolute atomic E-state index is 13.1. The Morgan fingerprint density at radius 3 is 2.87 bits per heavy atom. The van der Waals surface area contributed by atoms with Crippen molar-refractivity contribution < 1.29 is 9.32 Å². The molecule has 0 aliphatic carbocycles. The molecular formula is C18H21N3O2. The standard InChI is InChI=1S/C18H21N3O2/c1-13-16(17(19-23-13)14-6-3-2-4-7-14)18(22)21-11-10-20-9-5-8-15(20)12-21/h2-4,6-7,15H,5,8-12H2,1H3/t15-/m0/s1. The van der Waals surface area contributed by atoms with E-state index in [9.17, 15) is 4.79 Å². The molecule has 1 atom stereocenters. The van der Waals surface area contributed by atoms with Crippen LogP contribution < -0.4 is 0 Å². The maximum atomic E-state index is 13.1. The van der Waals surface area contributed by atoms with Crippen molar-refractivity contribution >= 4 is 5.91 Å². The third-order valence-corrected chi connectivity index (χ3v) is 5.00. The van der Waals surface area contributed by atoms with Crippen molar-refractivity contribution in [2.24, 2.45) is 0 Å². The molecule has 0 N–H and O–H groups in total. The minimum Gasteiger partial charge on any atom is -0.360 e. The van der Waals surface area contributed by atoms with Crippen LogP contribution in [-0.2, 0) is 0 Å². The highest BCUT2D eigenvalue weighted by Gasteiger charge is 2.34. The average Bonchev–Trinajstić information content (AvgIpc) is 3.20. The lowest BCUT2D eigenvalue weighted by molar-refractivity contribution is 0.0570. The normalized spacial score (nSPS) is 21.4. The van der Waals surface area contributed by atoms with Crippen LogP contribution in [0.5, 0.6) is 0 Å². The van der Waals surface area contributed by atoms with E-state index in [2.05, 4.69) is 10.1 Å². The monoisotopic (exact) mass is 311 g/mol. The van der Waals surface area contributed by atoms with E-state index in [1.54, 1.807) is 0 Å². The number of carbonyl (C=O) groups excluding carboxylic acids is 1. The second kappa shape index (κ2) is 5.81. The molecule has 4 rings (SSSR count). The lowest BCUT2D eigenvalue weighted by Crippen LogP contribution is -2.52. The molecule has 3 heterocycles. The lowest BCUT2D eigenvalue weighted by Gasteiger charge is -2.37. The van der Waals surface area contributed by atoms with Crippen LogP contribution in [0.15, 0.2) is 34.9 Å². The molecule has 120 valence electrons. The van der Waals surface area contributed by atoms with Crippen LogP contribution >= 0.6 is 0 Å². The largest absolute Gasteiger partial charge is 0.360 e. The highest BCUT2D eigenvalue weighted by Crippen LogP contribution is 2.28. The number of nitrogens with zero attached hydrogens (tertiary/aromatic N) is 3. The maximum Gasteiger partial charge on any atom is 0.259 e. The zero-order chi connectivity index (χ0) is 15.8. The molecule has 0 saturated carbocycles. The third kappa shape index (κ3) is 2.55. The number of aromatic nitrogens is 1. The molecule has 2 aromatic rings. The number of fused-ring (bicyclic) bond motifs is 1. The summed E-state index contributed by atoms with van der Waals surface area (Å²) in [6.07, 6.45) is 2.44. The van der Waals surface area contributed by atoms with Crippen molar-refractivity contribution in [3.63, 3.8) is 0 Å². The predicted octanol–water partition coefficient (Wildman–Crippen LogP) is 2.57. The number of carbonyl (C=O) groups is 1. The summed E-state index contributed by atoms with van der Waals surface area (Å²) < 4.78 is 5.34. The summed E-state index contributed by atoms with van der Waals surface area (Å²) in [7, 11) is 0. The third-order valence-electron chi connectivity index (χ3n) is 5.00. The van der Waals surface area contributed by atoms with Crippen LogP contribution in [0.4, 0.5) is 0 Å². The van der Waals surface area contributed by atoms with Gasteiger partial charge in [-0.2, -0.15) is 0 Å². The summed E-state index contributed by atoms with van der Waals surface area (Å²) in [6, 6.07) is 10.3. The number of benzene rings is 1. The highest BCUT2D eigenvalue weighted by atomic mass is 16.5. The fourth-order valence-corrected chi connectivity index (χ4v) is 3.75. The van der Waals surface area contributed by atoms with Crippen molar-refractivity contribution in [2.45, 2.75) is 25.8 Å². The Balaban J connectivity index is 1.63. The Hall–Kier alpha value is -2.14. The molecule has 0 unspecified atom stereocenters. The van der Waals surface area contributed by atoms with Crippen molar-refractivity contribution in [3.8, 4) is 11.3 Å². The van der Waals surface area contributed by atoms with Gasteiger partial charge in [-0.05, 0) is 26.3 Å². The Morgan fingerprint density at radius 1 is 1.22 bits per heavy atom. The van der Waals surface area contributed by atoms with Gasteiger partial charge in [0.1, 0.15) is 17.0 Å². The topological polar surface area (TPSA) is 49.6 Å². The Labute approximate surface area is 135 Å². The number of amides is 1. The number of rotatable bonds is 2. The minimum absolute atomic E-state index is 0.0501. The first-order chi connectivity index (χ1) is 11.2. The van der Waals surface area contributed by atoms with Crippen LogP contribution in [-0.4, -0.2) is 53.1 Å². The van der Waals surface area contributed by atoms with E-state index in [4.69, 9.17) is 4.52 Å². The van der Waals surface area contributed by atoms with E-state index in [1.165, 1.54) is 19.4 Å². The van der Waals surface area contributed by atoms with Gasteiger partial charge in [0.05, 0.1) is 0 Å². The van der Waals surface area contributed by atoms with Crippen LogP contribution in [0.25, 0.3) is 11.3 Å². The molecule has 5 heteroatoms. The van der Waals surface area contributed by atoms with Gasteiger partial charge in [0.25, 0.3) is 5.91 Å². The van der Waals surface area contributed by atoms with E-state index in [0.717, 1.165) is 25.2 Å². The minimum atomic E-state index is 0.0501. The molecule has 2 fully saturated rings. The summed E-state index contributed by atoms with van der Waals surface area (Å²) in [6.45, 7) is 5.57. The van der Waals surface area contributed by atoms with E-state index in [0.29, 0.717) is 23.1 Å². The average molecular weight is 311 g/mol. The van der Waals surface area contributed by atoms with E-state index in [1.807, 2.05) is 42.2 Å². The van der Waals surface area contributed by atoms with Crippen LogP contribution in [0.2, 0.25) is 0 Å². The first-order valence-electron chi connectivity index (χ1n) is 8.29. The number of hydrogen-bond donors (Lipinski definition) is 0. The summed E-state index contributed by atoms with van der Waals surface area (Å²) in [5.74, 6) is 0.650. The first kappa shape index (κ1) is 14.5. The van der Waals surface area contributed by atoms with Gasteiger partial charge >= 0.3 is 0 Å². The summed E-state index contributed by atoms with van der Waals surface area (Å²) in [4.78, 5) is 17.5. The zero-order valence-corrected chi connectivity index (χ0v) is 13.4. The second-order valence-electron chi connectivity index (χ2n) is 6.41. The fourth-order valence-electron chi connectivity index (χ4n) is 3.75. The molecule has 2 saturated heterocycles. The van der Waals surface area contributed by atoms with E-state index in [-0.39, 0.29) is 5.91 Å². The molecule has 0 bridgehead atoms. The van der Waals surface area contributed by atoms with Gasteiger partial charge in [-0.15, -0.1) is 0 Å². The van der Waals surface area contributed by atoms with Gasteiger partial charge < -0.3 is 9.42 Å². The number of piperazine rings is 1. The Kier molecular flexibility index (Phi) is 3.65. The summed E-state index contributed by atoms with van der Waals surface area (Å²) in [5, 5.41) is 4.14. The quantitative estimate of drug-likeness (QED) is 0.855. The lowest BCUT2D eigenvalue weighted by atomic mass is 10.0. The van der Waals surface area contributed by atoms with Gasteiger partial charge in [-0.3, -0.25) is 9.69 Å². The Morgan fingerprint density at radius 2 is 2.04 bits per heavy atom. The van der Waals surface area contributed by atoms with Crippen molar-refractivity contribution in [1.82, 2.24) is 15.0 Å². The molecule has 23 heavy (non-hydrogen) atoms. The van der Waals surface area contributed by atoms with Gasteiger partial charge in [0.15, 0.2) is 0 Å². The molecule has 5 nitrogen and oxygen atoms in total. The number of hydrogen-bond acceptors (Lipinski definition) is 4. The van der Waals surface area contributed by atoms with Crippen LogP contribution in [0.3, 0.4) is 0 Å². The molecule has 0 spiro atoms. The van der Waals surface area contributed by atoms with Crippen LogP contribution in [0, 0.1) is 6.92 Å².